The highest BCUT2D eigenvalue weighted by Crippen LogP contribution is 2.26. The minimum Gasteiger partial charge on any atom is -0.321 e. The third-order valence-corrected chi connectivity index (χ3v) is 5.06. The molecular weight excluding hydrogens is 406 g/mol. The molecule has 0 aliphatic carbocycles. The van der Waals surface area contributed by atoms with E-state index in [1.807, 2.05) is 50.2 Å². The largest absolute Gasteiger partial charge is 0.321 e. The van der Waals surface area contributed by atoms with Crippen molar-refractivity contribution in [3.8, 4) is 11.8 Å². The van der Waals surface area contributed by atoms with Crippen LogP contribution < -0.4 is 5.32 Å². The molecule has 3 rings (SSSR count). The van der Waals surface area contributed by atoms with Crippen LogP contribution in [0.5, 0.6) is 0 Å². The Labute approximate surface area is 177 Å². The van der Waals surface area contributed by atoms with Gasteiger partial charge in [0.15, 0.2) is 0 Å². The first-order valence-corrected chi connectivity index (χ1v) is 9.86. The van der Waals surface area contributed by atoms with Crippen LogP contribution in [0.25, 0.3) is 11.8 Å². The Balaban J connectivity index is 1.83. The predicted molar refractivity (Wildman–Crippen MR) is 114 cm³/mol. The number of amides is 1. The smallest absolute Gasteiger partial charge is 0.288 e. The number of hydrogen-bond acceptors (Lipinski definition) is 4. The molecule has 152 valence electrons. The van der Waals surface area contributed by atoms with E-state index in [9.17, 15) is 18.8 Å². The molecule has 0 spiro atoms. The number of aromatic nitrogens is 2. The quantitative estimate of drug-likeness (QED) is 0.329. The second-order valence-corrected chi connectivity index (χ2v) is 7.42. The summed E-state index contributed by atoms with van der Waals surface area (Å²) in [6, 6.07) is 17.5. The number of thioether (sulfide) groups is 1. The molecule has 1 aromatic heterocycles. The molecule has 1 heterocycles. The number of hydrogen-bond donors (Lipinski definition) is 1. The monoisotopic (exact) mass is 424 g/mol. The molecule has 30 heavy (non-hydrogen) atoms. The maximum atomic E-state index is 12.6. The van der Waals surface area contributed by atoms with Gasteiger partial charge in [-0.3, -0.25) is 4.79 Å². The van der Waals surface area contributed by atoms with Crippen LogP contribution in [0.15, 0.2) is 65.1 Å². The number of rotatable bonds is 6. The van der Waals surface area contributed by atoms with Crippen LogP contribution in [0.4, 0.5) is 14.5 Å². The van der Waals surface area contributed by atoms with E-state index in [1.165, 1.54) is 30.3 Å². The Morgan fingerprint density at radius 1 is 1.17 bits per heavy atom. The molecule has 5 nitrogen and oxygen atoms in total. The van der Waals surface area contributed by atoms with Crippen molar-refractivity contribution in [3.05, 3.63) is 77.1 Å². The van der Waals surface area contributed by atoms with Gasteiger partial charge >= 0.3 is 0 Å². The zero-order chi connectivity index (χ0) is 21.7. The van der Waals surface area contributed by atoms with Crippen molar-refractivity contribution >= 4 is 29.4 Å². The summed E-state index contributed by atoms with van der Waals surface area (Å²) in [4.78, 5) is 12.9. The SMILES string of the molecule is Cc1nn(-c2ccccc2)c(C)c1/C=C(\C#N)C(=O)Nc1ccc(SC(F)F)cc1. The van der Waals surface area contributed by atoms with Crippen LogP contribution in [0.2, 0.25) is 0 Å². The highest BCUT2D eigenvalue weighted by Gasteiger charge is 2.15. The molecule has 0 aliphatic heterocycles. The number of benzene rings is 2. The molecule has 0 unspecified atom stereocenters. The zero-order valence-electron chi connectivity index (χ0n) is 16.3. The number of aryl methyl sites for hydroxylation is 1. The Morgan fingerprint density at radius 2 is 1.83 bits per heavy atom. The van der Waals surface area contributed by atoms with Gasteiger partial charge < -0.3 is 5.32 Å². The van der Waals surface area contributed by atoms with Gasteiger partial charge in [0.05, 0.1) is 11.4 Å². The average Bonchev–Trinajstić information content (AvgIpc) is 3.01. The van der Waals surface area contributed by atoms with E-state index in [0.717, 1.165) is 11.4 Å². The third-order valence-electron chi connectivity index (χ3n) is 4.34. The molecule has 0 saturated carbocycles. The van der Waals surface area contributed by atoms with Gasteiger partial charge in [0.1, 0.15) is 11.6 Å². The maximum Gasteiger partial charge on any atom is 0.288 e. The first-order chi connectivity index (χ1) is 14.4. The van der Waals surface area contributed by atoms with E-state index >= 15 is 0 Å². The lowest BCUT2D eigenvalue weighted by atomic mass is 10.1. The van der Waals surface area contributed by atoms with Crippen molar-refractivity contribution in [1.29, 1.82) is 5.26 Å². The van der Waals surface area contributed by atoms with Crippen LogP contribution in [0.3, 0.4) is 0 Å². The second-order valence-electron chi connectivity index (χ2n) is 6.36. The molecule has 8 heteroatoms. The lowest BCUT2D eigenvalue weighted by molar-refractivity contribution is -0.112. The van der Waals surface area contributed by atoms with Crippen LogP contribution >= 0.6 is 11.8 Å². The maximum absolute atomic E-state index is 12.6. The van der Waals surface area contributed by atoms with Crippen molar-refractivity contribution < 1.29 is 13.6 Å². The molecule has 0 bridgehead atoms. The van der Waals surface area contributed by atoms with Gasteiger partial charge in [-0.15, -0.1) is 0 Å². The molecule has 0 fully saturated rings. The highest BCUT2D eigenvalue weighted by molar-refractivity contribution is 7.99. The van der Waals surface area contributed by atoms with Crippen molar-refractivity contribution in [2.24, 2.45) is 0 Å². The number of carbonyl (C=O) groups is 1. The fraction of sp³-hybridized carbons (Fsp3) is 0.136. The van der Waals surface area contributed by atoms with Crippen molar-refractivity contribution in [2.45, 2.75) is 24.5 Å². The number of anilines is 1. The predicted octanol–water partition coefficient (Wildman–Crippen LogP) is 5.35. The molecular formula is C22H18F2N4OS. The summed E-state index contributed by atoms with van der Waals surface area (Å²) in [6.07, 6.45) is 1.51. The number of alkyl halides is 2. The van der Waals surface area contributed by atoms with Gasteiger partial charge in [-0.2, -0.15) is 19.1 Å². The van der Waals surface area contributed by atoms with Crippen LogP contribution in [0, 0.1) is 25.2 Å². The molecule has 1 amide bonds. The summed E-state index contributed by atoms with van der Waals surface area (Å²) in [5.74, 6) is -3.10. The van der Waals surface area contributed by atoms with Crippen molar-refractivity contribution in [1.82, 2.24) is 9.78 Å². The Kier molecular flexibility index (Phi) is 6.65. The summed E-state index contributed by atoms with van der Waals surface area (Å²) in [5, 5.41) is 16.6. The number of nitrogens with zero attached hydrogens (tertiary/aromatic N) is 3. The van der Waals surface area contributed by atoms with Gasteiger partial charge in [0.2, 0.25) is 0 Å². The first kappa shape index (κ1) is 21.3. The summed E-state index contributed by atoms with van der Waals surface area (Å²) in [7, 11) is 0. The van der Waals surface area contributed by atoms with Gasteiger partial charge in [-0.05, 0) is 56.3 Å². The third kappa shape index (κ3) is 4.93. The van der Waals surface area contributed by atoms with Gasteiger partial charge in [-0.25, -0.2) is 4.68 Å². The molecule has 1 N–H and O–H groups in total. The normalized spacial score (nSPS) is 11.4. The van der Waals surface area contributed by atoms with E-state index < -0.39 is 11.7 Å². The fourth-order valence-corrected chi connectivity index (χ4v) is 3.39. The van der Waals surface area contributed by atoms with Crippen LogP contribution in [0.1, 0.15) is 17.0 Å². The highest BCUT2D eigenvalue weighted by atomic mass is 32.2. The summed E-state index contributed by atoms with van der Waals surface area (Å²) in [6.45, 7) is 3.68. The molecule has 0 saturated heterocycles. The number of nitriles is 1. The number of carbonyl (C=O) groups excluding carboxylic acids is 1. The first-order valence-electron chi connectivity index (χ1n) is 8.98. The lowest BCUT2D eigenvalue weighted by Crippen LogP contribution is -2.13. The fourth-order valence-electron chi connectivity index (χ4n) is 2.90. The molecule has 0 atom stereocenters. The van der Waals surface area contributed by atoms with E-state index in [4.69, 9.17) is 0 Å². The minimum atomic E-state index is -2.51. The average molecular weight is 424 g/mol. The van der Waals surface area contributed by atoms with Gasteiger partial charge in [0, 0.05) is 21.8 Å². The van der Waals surface area contributed by atoms with Crippen LogP contribution in [-0.4, -0.2) is 21.4 Å². The van der Waals surface area contributed by atoms with E-state index in [1.54, 1.807) is 4.68 Å². The zero-order valence-corrected chi connectivity index (χ0v) is 17.1. The molecule has 0 radical (unpaired) electrons. The van der Waals surface area contributed by atoms with E-state index in [2.05, 4.69) is 10.4 Å². The van der Waals surface area contributed by atoms with Crippen LogP contribution in [-0.2, 0) is 4.79 Å². The van der Waals surface area contributed by atoms with Gasteiger partial charge in [-0.1, -0.05) is 30.0 Å². The molecule has 0 aliphatic rings. The standard InChI is InChI=1S/C22H18F2N4OS/c1-14-20(15(2)28(27-14)18-6-4-3-5-7-18)12-16(13-25)21(29)26-17-8-10-19(11-9-17)30-22(23)24/h3-12,22H,1-2H3,(H,26,29)/b16-12+. The summed E-state index contributed by atoms with van der Waals surface area (Å²) < 4.78 is 26.6. The number of nitrogens with one attached hydrogen (secondary N) is 1. The topological polar surface area (TPSA) is 70.7 Å². The van der Waals surface area contributed by atoms with Gasteiger partial charge in [0.25, 0.3) is 11.7 Å². The Bertz CT molecular complexity index is 1120. The number of halogens is 2. The molecule has 3 aromatic rings. The lowest BCUT2D eigenvalue weighted by Gasteiger charge is -2.06. The Morgan fingerprint density at radius 3 is 2.43 bits per heavy atom. The second kappa shape index (κ2) is 9.37. The summed E-state index contributed by atoms with van der Waals surface area (Å²) >= 11 is 0.423. The Hall–Kier alpha value is -3.44. The van der Waals surface area contributed by atoms with E-state index in [0.29, 0.717) is 33.6 Å². The van der Waals surface area contributed by atoms with Crippen molar-refractivity contribution in [3.63, 3.8) is 0 Å². The van der Waals surface area contributed by atoms with E-state index in [-0.39, 0.29) is 5.57 Å². The minimum absolute atomic E-state index is 0.0835. The van der Waals surface area contributed by atoms with Crippen molar-refractivity contribution in [2.75, 3.05) is 5.32 Å². The number of para-hydroxylation sites is 1. The molecule has 2 aromatic carbocycles. The summed E-state index contributed by atoms with van der Waals surface area (Å²) in [5.41, 5.74) is 3.38.